The summed E-state index contributed by atoms with van der Waals surface area (Å²) in [5.74, 6) is -0.258. The lowest BCUT2D eigenvalue weighted by molar-refractivity contribution is -0.116. The zero-order chi connectivity index (χ0) is 20.9. The van der Waals surface area contributed by atoms with Crippen LogP contribution in [0.2, 0.25) is 5.02 Å². The lowest BCUT2D eigenvalue weighted by atomic mass is 9.84. The lowest BCUT2D eigenvalue weighted by Gasteiger charge is -2.24. The van der Waals surface area contributed by atoms with Crippen LogP contribution in [0.15, 0.2) is 36.4 Å². The van der Waals surface area contributed by atoms with Crippen LogP contribution < -0.4 is 5.32 Å². The van der Waals surface area contributed by atoms with Gasteiger partial charge in [-0.05, 0) is 51.0 Å². The van der Waals surface area contributed by atoms with Gasteiger partial charge in [0.15, 0.2) is 5.78 Å². The second-order valence-corrected chi connectivity index (χ2v) is 8.04. The maximum atomic E-state index is 13.4. The van der Waals surface area contributed by atoms with Gasteiger partial charge in [0, 0.05) is 22.6 Å². The summed E-state index contributed by atoms with van der Waals surface area (Å²) in [6.45, 7) is 7.70. The SMILES string of the molecule is Cc1ccc(C(=O)C2CC(=O)Nc3c2c(C)nn3-c2cccc(Cl)c2C)c(C)c1. The summed E-state index contributed by atoms with van der Waals surface area (Å²) < 4.78 is 1.69. The molecule has 0 fully saturated rings. The Morgan fingerprint density at radius 2 is 1.93 bits per heavy atom. The fraction of sp³-hybridized carbons (Fsp3) is 0.261. The number of aryl methyl sites for hydroxylation is 3. The van der Waals surface area contributed by atoms with Crippen LogP contribution in [0.3, 0.4) is 0 Å². The van der Waals surface area contributed by atoms with E-state index in [1.54, 1.807) is 4.68 Å². The Hall–Kier alpha value is -2.92. The van der Waals surface area contributed by atoms with Crippen LogP contribution in [0.1, 0.15) is 50.6 Å². The molecule has 1 aromatic heterocycles. The van der Waals surface area contributed by atoms with Crippen molar-refractivity contribution in [1.82, 2.24) is 9.78 Å². The van der Waals surface area contributed by atoms with Gasteiger partial charge in [-0.3, -0.25) is 9.59 Å². The van der Waals surface area contributed by atoms with Gasteiger partial charge >= 0.3 is 0 Å². The van der Waals surface area contributed by atoms with E-state index in [0.29, 0.717) is 16.4 Å². The Kier molecular flexibility index (Phi) is 4.79. The third kappa shape index (κ3) is 3.25. The van der Waals surface area contributed by atoms with Gasteiger partial charge in [-0.2, -0.15) is 5.10 Å². The molecule has 1 aliphatic rings. The van der Waals surface area contributed by atoms with E-state index in [1.165, 1.54) is 0 Å². The molecule has 0 spiro atoms. The van der Waals surface area contributed by atoms with Crippen molar-refractivity contribution in [2.75, 3.05) is 5.32 Å². The van der Waals surface area contributed by atoms with E-state index in [2.05, 4.69) is 10.4 Å². The molecule has 5 nitrogen and oxygen atoms in total. The highest BCUT2D eigenvalue weighted by Gasteiger charge is 2.36. The first-order chi connectivity index (χ1) is 13.8. The summed E-state index contributed by atoms with van der Waals surface area (Å²) >= 11 is 6.29. The molecule has 1 atom stereocenters. The number of carbonyl (C=O) groups is 2. The van der Waals surface area contributed by atoms with Crippen LogP contribution in [-0.4, -0.2) is 21.5 Å². The van der Waals surface area contributed by atoms with Crippen molar-refractivity contribution in [3.8, 4) is 5.69 Å². The summed E-state index contributed by atoms with van der Waals surface area (Å²) in [5, 5.41) is 8.19. The van der Waals surface area contributed by atoms with Crippen molar-refractivity contribution in [1.29, 1.82) is 0 Å². The summed E-state index contributed by atoms with van der Waals surface area (Å²) in [4.78, 5) is 25.9. The van der Waals surface area contributed by atoms with Gasteiger partial charge in [0.05, 0.1) is 17.3 Å². The topological polar surface area (TPSA) is 64.0 Å². The van der Waals surface area contributed by atoms with Gasteiger partial charge in [-0.1, -0.05) is 41.4 Å². The Balaban J connectivity index is 1.86. The molecule has 1 aliphatic heterocycles. The quantitative estimate of drug-likeness (QED) is 0.616. The van der Waals surface area contributed by atoms with Gasteiger partial charge in [-0.15, -0.1) is 0 Å². The molecule has 1 unspecified atom stereocenters. The fourth-order valence-electron chi connectivity index (χ4n) is 4.05. The number of ketones is 1. The van der Waals surface area contributed by atoms with E-state index in [1.807, 2.05) is 64.1 Å². The monoisotopic (exact) mass is 407 g/mol. The molecule has 0 aliphatic carbocycles. The molecule has 1 N–H and O–H groups in total. The largest absolute Gasteiger partial charge is 0.310 e. The number of hydrogen-bond acceptors (Lipinski definition) is 3. The summed E-state index contributed by atoms with van der Waals surface area (Å²) in [6.07, 6.45) is 0.111. The molecular formula is C23H22ClN3O2. The van der Waals surface area contributed by atoms with Gasteiger partial charge in [0.25, 0.3) is 0 Å². The van der Waals surface area contributed by atoms with Crippen molar-refractivity contribution < 1.29 is 9.59 Å². The average molecular weight is 408 g/mol. The first-order valence-electron chi connectivity index (χ1n) is 9.54. The molecule has 0 saturated carbocycles. The van der Waals surface area contributed by atoms with Crippen LogP contribution in [0.5, 0.6) is 0 Å². The highest BCUT2D eigenvalue weighted by molar-refractivity contribution is 6.31. The standard InChI is InChI=1S/C23H22ClN3O2/c1-12-8-9-16(13(2)10-12)22(29)17-11-20(28)25-23-21(17)15(4)26-27(23)19-7-5-6-18(24)14(19)3/h5-10,17H,11H2,1-4H3,(H,25,28). The van der Waals surface area contributed by atoms with Crippen LogP contribution in [0.4, 0.5) is 5.82 Å². The van der Waals surface area contributed by atoms with E-state index >= 15 is 0 Å². The predicted molar refractivity (Wildman–Crippen MR) is 114 cm³/mol. The molecule has 1 amide bonds. The van der Waals surface area contributed by atoms with E-state index in [0.717, 1.165) is 33.6 Å². The second-order valence-electron chi connectivity index (χ2n) is 7.63. The second kappa shape index (κ2) is 7.16. The fourth-order valence-corrected chi connectivity index (χ4v) is 4.22. The molecule has 148 valence electrons. The Morgan fingerprint density at radius 1 is 1.17 bits per heavy atom. The summed E-state index contributed by atoms with van der Waals surface area (Å²) in [5.41, 5.74) is 5.79. The molecule has 2 aromatic carbocycles. The minimum absolute atomic E-state index is 0.0518. The number of hydrogen-bond donors (Lipinski definition) is 1. The predicted octanol–water partition coefficient (Wildman–Crippen LogP) is 5.07. The van der Waals surface area contributed by atoms with Crippen molar-refractivity contribution in [3.63, 3.8) is 0 Å². The van der Waals surface area contributed by atoms with E-state index < -0.39 is 5.92 Å². The Bertz CT molecular complexity index is 1160. The van der Waals surface area contributed by atoms with E-state index in [-0.39, 0.29) is 18.1 Å². The smallest absolute Gasteiger partial charge is 0.226 e. The zero-order valence-electron chi connectivity index (χ0n) is 16.8. The molecule has 0 radical (unpaired) electrons. The molecule has 2 heterocycles. The van der Waals surface area contributed by atoms with Crippen LogP contribution in [0.25, 0.3) is 5.69 Å². The number of anilines is 1. The molecule has 3 aromatic rings. The van der Waals surface area contributed by atoms with Gasteiger partial charge in [0.1, 0.15) is 5.82 Å². The van der Waals surface area contributed by atoms with Crippen molar-refractivity contribution in [3.05, 3.63) is 74.9 Å². The number of carbonyl (C=O) groups excluding carboxylic acids is 2. The number of nitrogens with one attached hydrogen (secondary N) is 1. The maximum absolute atomic E-state index is 13.4. The van der Waals surface area contributed by atoms with Crippen molar-refractivity contribution >= 4 is 29.1 Å². The minimum Gasteiger partial charge on any atom is -0.310 e. The van der Waals surface area contributed by atoms with Gasteiger partial charge in [0.2, 0.25) is 5.91 Å². The highest BCUT2D eigenvalue weighted by Crippen LogP contribution is 2.39. The number of Topliss-reactive ketones (excluding diaryl/α,β-unsaturated/α-hetero) is 1. The highest BCUT2D eigenvalue weighted by atomic mass is 35.5. The number of aromatic nitrogens is 2. The molecule has 0 bridgehead atoms. The number of amides is 1. The lowest BCUT2D eigenvalue weighted by Crippen LogP contribution is -2.29. The van der Waals surface area contributed by atoms with E-state index in [4.69, 9.17) is 11.6 Å². The van der Waals surface area contributed by atoms with Gasteiger partial charge < -0.3 is 5.32 Å². The number of benzene rings is 2. The average Bonchev–Trinajstić information content (AvgIpc) is 2.99. The van der Waals surface area contributed by atoms with Crippen molar-refractivity contribution in [2.24, 2.45) is 0 Å². The Morgan fingerprint density at radius 3 is 2.66 bits per heavy atom. The summed E-state index contributed by atoms with van der Waals surface area (Å²) in [7, 11) is 0. The van der Waals surface area contributed by atoms with Crippen molar-refractivity contribution in [2.45, 2.75) is 40.0 Å². The number of halogens is 1. The Labute approximate surface area is 174 Å². The number of nitrogens with zero attached hydrogens (tertiary/aromatic N) is 2. The number of fused-ring (bicyclic) bond motifs is 1. The van der Waals surface area contributed by atoms with Crippen LogP contribution in [-0.2, 0) is 4.79 Å². The van der Waals surface area contributed by atoms with Crippen LogP contribution in [0, 0.1) is 27.7 Å². The van der Waals surface area contributed by atoms with Crippen LogP contribution >= 0.6 is 11.6 Å². The third-order valence-corrected chi connectivity index (χ3v) is 5.94. The normalized spacial score (nSPS) is 15.8. The number of rotatable bonds is 3. The molecular weight excluding hydrogens is 386 g/mol. The molecule has 6 heteroatoms. The third-order valence-electron chi connectivity index (χ3n) is 5.53. The zero-order valence-corrected chi connectivity index (χ0v) is 17.6. The minimum atomic E-state index is -0.562. The van der Waals surface area contributed by atoms with Gasteiger partial charge in [-0.25, -0.2) is 4.68 Å². The first-order valence-corrected chi connectivity index (χ1v) is 9.92. The molecule has 29 heavy (non-hydrogen) atoms. The molecule has 4 rings (SSSR count). The maximum Gasteiger partial charge on any atom is 0.226 e. The first kappa shape index (κ1) is 19.4. The summed E-state index contributed by atoms with van der Waals surface area (Å²) in [6, 6.07) is 11.3. The molecule has 0 saturated heterocycles. The van der Waals surface area contributed by atoms with E-state index in [9.17, 15) is 9.59 Å².